The van der Waals surface area contributed by atoms with Gasteiger partial charge < -0.3 is 24.6 Å². The van der Waals surface area contributed by atoms with Gasteiger partial charge in [0.1, 0.15) is 29.3 Å². The number of benzene rings is 2. The van der Waals surface area contributed by atoms with Gasteiger partial charge in [-0.05, 0) is 42.3 Å². The number of methoxy groups -OCH3 is 1. The number of esters is 1. The number of amides is 1. The summed E-state index contributed by atoms with van der Waals surface area (Å²) >= 11 is 0. The molecule has 0 unspecified atom stereocenters. The van der Waals surface area contributed by atoms with Crippen molar-refractivity contribution in [3.63, 3.8) is 0 Å². The molecule has 9 heteroatoms. The second kappa shape index (κ2) is 10.7. The first kappa shape index (κ1) is 25.3. The fourth-order valence-corrected chi connectivity index (χ4v) is 3.82. The number of Topliss-reactive ketones (excluding diaryl/α,β-unsaturated/α-hetero) is 1. The van der Waals surface area contributed by atoms with Gasteiger partial charge >= 0.3 is 5.97 Å². The number of hydrogen-bond donors (Lipinski definition) is 1. The second-order valence-corrected chi connectivity index (χ2v) is 8.37. The fourth-order valence-electron chi connectivity index (χ4n) is 3.82. The number of rotatable bonds is 8. The van der Waals surface area contributed by atoms with Crippen LogP contribution >= 0.6 is 0 Å². The largest absolute Gasteiger partial charge is 0.497 e. The van der Waals surface area contributed by atoms with E-state index in [9.17, 15) is 19.6 Å². The van der Waals surface area contributed by atoms with E-state index in [2.05, 4.69) is 5.32 Å². The Balaban J connectivity index is 1.70. The molecule has 1 aliphatic heterocycles. The second-order valence-electron chi connectivity index (χ2n) is 8.37. The number of nitrogens with one attached hydrogen (secondary N) is 1. The van der Waals surface area contributed by atoms with E-state index in [4.69, 9.17) is 9.47 Å². The van der Waals surface area contributed by atoms with Gasteiger partial charge in [0.25, 0.3) is 5.91 Å². The third-order valence-corrected chi connectivity index (χ3v) is 5.76. The highest BCUT2D eigenvalue weighted by atomic mass is 16.5. The molecule has 9 nitrogen and oxygen atoms in total. The molecule has 2 aromatic carbocycles. The molecule has 1 amide bonds. The maximum Gasteiger partial charge on any atom is 0.329 e. The summed E-state index contributed by atoms with van der Waals surface area (Å²) in [4.78, 5) is 41.8. The highest BCUT2D eigenvalue weighted by Gasteiger charge is 2.32. The van der Waals surface area contributed by atoms with E-state index in [0.717, 1.165) is 11.4 Å². The maximum atomic E-state index is 12.9. The standard InChI is InChI=1S/C26H28N4O5/c1-16(2)23(28-24(32)17-10-12-18(34-5)13-11-17)26(33)35-15-22(31)19(14-27)25-29(3)20-8-6-7-9-21(20)30(25)4/h6-13,16,23H,15H2,1-5H3,(H,28,32)/t23-/m0/s1. The summed E-state index contributed by atoms with van der Waals surface area (Å²) in [6.07, 6.45) is 0. The van der Waals surface area contributed by atoms with Crippen LogP contribution in [0.3, 0.4) is 0 Å². The van der Waals surface area contributed by atoms with Crippen molar-refractivity contribution < 1.29 is 23.9 Å². The van der Waals surface area contributed by atoms with E-state index in [1.807, 2.05) is 30.3 Å². The minimum Gasteiger partial charge on any atom is -0.497 e. The molecule has 0 bridgehead atoms. The van der Waals surface area contributed by atoms with Crippen molar-refractivity contribution in [1.29, 1.82) is 5.26 Å². The molecule has 0 saturated carbocycles. The van der Waals surface area contributed by atoms with Crippen LogP contribution in [0, 0.1) is 17.2 Å². The molecule has 1 heterocycles. The molecule has 0 fully saturated rings. The minimum absolute atomic E-state index is 0.123. The van der Waals surface area contributed by atoms with Crippen molar-refractivity contribution in [2.24, 2.45) is 5.92 Å². The molecule has 1 atom stereocenters. The number of anilines is 2. The monoisotopic (exact) mass is 476 g/mol. The number of ketones is 1. The van der Waals surface area contributed by atoms with E-state index in [-0.39, 0.29) is 11.5 Å². The predicted molar refractivity (Wildman–Crippen MR) is 131 cm³/mol. The van der Waals surface area contributed by atoms with E-state index in [0.29, 0.717) is 17.1 Å². The van der Waals surface area contributed by atoms with Crippen LogP contribution in [0.25, 0.3) is 0 Å². The van der Waals surface area contributed by atoms with Crippen molar-refractivity contribution in [3.8, 4) is 11.8 Å². The highest BCUT2D eigenvalue weighted by Crippen LogP contribution is 2.40. The summed E-state index contributed by atoms with van der Waals surface area (Å²) in [5.41, 5.74) is 1.93. The van der Waals surface area contributed by atoms with Crippen LogP contribution in [-0.4, -0.2) is 51.5 Å². The van der Waals surface area contributed by atoms with Gasteiger partial charge in [-0.3, -0.25) is 9.59 Å². The zero-order valence-corrected chi connectivity index (χ0v) is 20.4. The Morgan fingerprint density at radius 3 is 2.06 bits per heavy atom. The fraction of sp³-hybridized carbons (Fsp3) is 0.308. The molecule has 0 spiro atoms. The zero-order valence-electron chi connectivity index (χ0n) is 20.4. The number of ether oxygens (including phenoxy) is 2. The van der Waals surface area contributed by atoms with Crippen LogP contribution in [0.15, 0.2) is 59.9 Å². The third kappa shape index (κ3) is 5.27. The maximum absolute atomic E-state index is 12.9. The minimum atomic E-state index is -0.975. The smallest absolute Gasteiger partial charge is 0.329 e. The van der Waals surface area contributed by atoms with Gasteiger partial charge in [0.2, 0.25) is 5.78 Å². The Bertz CT molecular complexity index is 1170. The van der Waals surface area contributed by atoms with E-state index in [1.165, 1.54) is 7.11 Å². The molecule has 1 aliphatic rings. The van der Waals surface area contributed by atoms with Gasteiger partial charge in [-0.1, -0.05) is 26.0 Å². The number of carbonyl (C=O) groups excluding carboxylic acids is 3. The van der Waals surface area contributed by atoms with Crippen LogP contribution in [0.4, 0.5) is 11.4 Å². The van der Waals surface area contributed by atoms with Gasteiger partial charge in [0.15, 0.2) is 6.61 Å². The van der Waals surface area contributed by atoms with Gasteiger partial charge in [0.05, 0.1) is 18.5 Å². The Morgan fingerprint density at radius 2 is 1.57 bits per heavy atom. The molecule has 3 rings (SSSR count). The van der Waals surface area contributed by atoms with Crippen LogP contribution in [-0.2, 0) is 14.3 Å². The van der Waals surface area contributed by atoms with Crippen molar-refractivity contribution in [1.82, 2.24) is 5.32 Å². The molecule has 0 aliphatic carbocycles. The molecular formula is C26H28N4O5. The van der Waals surface area contributed by atoms with Gasteiger partial charge in [-0.25, -0.2) is 4.79 Å². The number of para-hydroxylation sites is 2. The van der Waals surface area contributed by atoms with Gasteiger partial charge in [-0.15, -0.1) is 0 Å². The Labute approximate surface area is 204 Å². The van der Waals surface area contributed by atoms with Crippen molar-refractivity contribution in [2.45, 2.75) is 19.9 Å². The lowest BCUT2D eigenvalue weighted by atomic mass is 10.0. The molecule has 0 aromatic heterocycles. The number of fused-ring (bicyclic) bond motifs is 1. The lowest BCUT2D eigenvalue weighted by Gasteiger charge is -2.22. The SMILES string of the molecule is COc1ccc(C(=O)N[C@H](C(=O)OCC(=O)C(C#N)=C2N(C)c3ccccc3N2C)C(C)C)cc1. The number of nitriles is 1. The van der Waals surface area contributed by atoms with Crippen molar-refractivity contribution in [3.05, 3.63) is 65.5 Å². The van der Waals surface area contributed by atoms with Crippen LogP contribution in [0.1, 0.15) is 24.2 Å². The quantitative estimate of drug-likeness (QED) is 0.352. The summed E-state index contributed by atoms with van der Waals surface area (Å²) in [6.45, 7) is 2.89. The Hall–Kier alpha value is -4.32. The third-order valence-electron chi connectivity index (χ3n) is 5.76. The average Bonchev–Trinajstić information content (AvgIpc) is 3.11. The van der Waals surface area contributed by atoms with Gasteiger partial charge in [0, 0.05) is 19.7 Å². The Morgan fingerprint density at radius 1 is 1.00 bits per heavy atom. The Kier molecular flexibility index (Phi) is 7.76. The van der Waals surface area contributed by atoms with Crippen LogP contribution in [0.2, 0.25) is 0 Å². The van der Waals surface area contributed by atoms with Crippen molar-refractivity contribution in [2.75, 3.05) is 37.6 Å². The van der Waals surface area contributed by atoms with E-state index >= 15 is 0 Å². The molecule has 182 valence electrons. The topological polar surface area (TPSA) is 112 Å². The summed E-state index contributed by atoms with van der Waals surface area (Å²) in [6, 6.07) is 14.9. The van der Waals surface area contributed by atoms with Crippen LogP contribution < -0.4 is 19.9 Å². The van der Waals surface area contributed by atoms with E-state index < -0.39 is 30.3 Å². The highest BCUT2D eigenvalue weighted by molar-refractivity contribution is 6.04. The summed E-state index contributed by atoms with van der Waals surface area (Å²) in [7, 11) is 5.05. The lowest BCUT2D eigenvalue weighted by Crippen LogP contribution is -2.45. The number of carbonyl (C=O) groups is 3. The molecular weight excluding hydrogens is 448 g/mol. The molecule has 1 N–H and O–H groups in total. The summed E-state index contributed by atoms with van der Waals surface area (Å²) in [5.74, 6) is -1.14. The summed E-state index contributed by atoms with van der Waals surface area (Å²) < 4.78 is 10.3. The molecule has 0 saturated heterocycles. The average molecular weight is 477 g/mol. The number of hydrogen-bond acceptors (Lipinski definition) is 8. The molecule has 35 heavy (non-hydrogen) atoms. The molecule has 0 radical (unpaired) electrons. The first-order valence-electron chi connectivity index (χ1n) is 11.0. The zero-order chi connectivity index (χ0) is 25.7. The van der Waals surface area contributed by atoms with Crippen molar-refractivity contribution >= 4 is 29.0 Å². The molecule has 2 aromatic rings. The van der Waals surface area contributed by atoms with Crippen LogP contribution in [0.5, 0.6) is 5.75 Å². The first-order valence-corrected chi connectivity index (χ1v) is 11.0. The normalized spacial score (nSPS) is 13.1. The van der Waals surface area contributed by atoms with E-state index in [1.54, 1.807) is 62.0 Å². The lowest BCUT2D eigenvalue weighted by molar-refractivity contribution is -0.150. The number of nitrogens with zero attached hydrogens (tertiary/aromatic N) is 3. The first-order chi connectivity index (χ1) is 16.7. The van der Waals surface area contributed by atoms with Gasteiger partial charge in [-0.2, -0.15) is 5.26 Å². The summed E-state index contributed by atoms with van der Waals surface area (Å²) in [5, 5.41) is 12.4. The predicted octanol–water partition coefficient (Wildman–Crippen LogP) is 2.88.